The van der Waals surface area contributed by atoms with Gasteiger partial charge in [0.15, 0.2) is 0 Å². The molecule has 0 bridgehead atoms. The second-order valence-corrected chi connectivity index (χ2v) is 8.05. The quantitative estimate of drug-likeness (QED) is 0.784. The minimum Gasteiger partial charge on any atom is -0.310 e. The van der Waals surface area contributed by atoms with Crippen LogP contribution in [-0.4, -0.2) is 36.1 Å². The van der Waals surface area contributed by atoms with Gasteiger partial charge in [-0.2, -0.15) is 0 Å². The molecule has 1 spiro atoms. The fourth-order valence-corrected chi connectivity index (χ4v) is 5.20. The van der Waals surface area contributed by atoms with Crippen molar-refractivity contribution < 1.29 is 0 Å². The highest BCUT2D eigenvalue weighted by molar-refractivity contribution is 4.97. The lowest BCUT2D eigenvalue weighted by molar-refractivity contribution is 0.0654. The van der Waals surface area contributed by atoms with Crippen LogP contribution in [-0.2, 0) is 0 Å². The molecule has 0 aromatic heterocycles. The van der Waals surface area contributed by atoms with Crippen LogP contribution in [0.4, 0.5) is 0 Å². The third kappa shape index (κ3) is 3.22. The molecule has 3 atom stereocenters. The lowest BCUT2D eigenvalue weighted by Gasteiger charge is -2.45. The highest BCUT2D eigenvalue weighted by atomic mass is 15.2. The van der Waals surface area contributed by atoms with E-state index >= 15 is 0 Å². The third-order valence-electron chi connectivity index (χ3n) is 6.29. The molecule has 0 radical (unpaired) electrons. The maximum absolute atomic E-state index is 3.95. The van der Waals surface area contributed by atoms with Crippen molar-refractivity contribution in [3.8, 4) is 0 Å². The Morgan fingerprint density at radius 2 is 1.80 bits per heavy atom. The summed E-state index contributed by atoms with van der Waals surface area (Å²) in [5, 5.41) is 3.95. The summed E-state index contributed by atoms with van der Waals surface area (Å²) in [4.78, 5) is 2.89. The SMILES string of the molecule is CC1CCC(N2CCCNC3(CCCCC3)C2)C(C)C1. The van der Waals surface area contributed by atoms with Crippen molar-refractivity contribution in [1.29, 1.82) is 0 Å². The van der Waals surface area contributed by atoms with Gasteiger partial charge in [0, 0.05) is 18.1 Å². The Balaban J connectivity index is 1.68. The zero-order valence-electron chi connectivity index (χ0n) is 13.7. The zero-order chi connectivity index (χ0) is 14.0. The van der Waals surface area contributed by atoms with Gasteiger partial charge < -0.3 is 5.32 Å². The zero-order valence-corrected chi connectivity index (χ0v) is 13.7. The number of rotatable bonds is 1. The standard InChI is InChI=1S/C18H34N2/c1-15-7-8-17(16(2)13-15)20-12-6-11-19-18(14-20)9-4-3-5-10-18/h15-17,19H,3-14H2,1-2H3. The van der Waals surface area contributed by atoms with Gasteiger partial charge >= 0.3 is 0 Å². The second-order valence-electron chi connectivity index (χ2n) is 8.05. The monoisotopic (exact) mass is 278 g/mol. The predicted molar refractivity (Wildman–Crippen MR) is 86.0 cm³/mol. The van der Waals surface area contributed by atoms with Crippen LogP contribution in [0.15, 0.2) is 0 Å². The minimum absolute atomic E-state index is 0.470. The van der Waals surface area contributed by atoms with E-state index in [0.29, 0.717) is 5.54 Å². The van der Waals surface area contributed by atoms with Crippen molar-refractivity contribution >= 4 is 0 Å². The van der Waals surface area contributed by atoms with Crippen molar-refractivity contribution in [3.63, 3.8) is 0 Å². The molecule has 1 aliphatic heterocycles. The smallest absolute Gasteiger partial charge is 0.0308 e. The Morgan fingerprint density at radius 3 is 2.55 bits per heavy atom. The van der Waals surface area contributed by atoms with Gasteiger partial charge in [0.1, 0.15) is 0 Å². The van der Waals surface area contributed by atoms with Crippen LogP contribution in [0.2, 0.25) is 0 Å². The molecule has 116 valence electrons. The van der Waals surface area contributed by atoms with Gasteiger partial charge in [-0.3, -0.25) is 4.90 Å². The minimum atomic E-state index is 0.470. The van der Waals surface area contributed by atoms with Crippen molar-refractivity contribution in [2.75, 3.05) is 19.6 Å². The molecule has 3 aliphatic rings. The van der Waals surface area contributed by atoms with E-state index in [1.165, 1.54) is 77.4 Å². The van der Waals surface area contributed by atoms with Gasteiger partial charge in [0.25, 0.3) is 0 Å². The average Bonchev–Trinajstić information content (AvgIpc) is 2.63. The van der Waals surface area contributed by atoms with E-state index in [9.17, 15) is 0 Å². The molecular formula is C18H34N2. The molecule has 1 N–H and O–H groups in total. The van der Waals surface area contributed by atoms with Crippen molar-refractivity contribution in [2.45, 2.75) is 83.2 Å². The van der Waals surface area contributed by atoms with Gasteiger partial charge in [0.2, 0.25) is 0 Å². The Morgan fingerprint density at radius 1 is 1.00 bits per heavy atom. The van der Waals surface area contributed by atoms with Gasteiger partial charge in [-0.05, 0) is 63.5 Å². The number of nitrogens with zero attached hydrogens (tertiary/aromatic N) is 1. The maximum atomic E-state index is 3.95. The molecule has 2 heteroatoms. The Hall–Kier alpha value is -0.0800. The molecule has 0 aromatic carbocycles. The summed E-state index contributed by atoms with van der Waals surface area (Å²) >= 11 is 0. The maximum Gasteiger partial charge on any atom is 0.0308 e. The van der Waals surface area contributed by atoms with Gasteiger partial charge in [-0.25, -0.2) is 0 Å². The van der Waals surface area contributed by atoms with E-state index in [4.69, 9.17) is 0 Å². The number of hydrogen-bond acceptors (Lipinski definition) is 2. The van der Waals surface area contributed by atoms with Gasteiger partial charge in [-0.15, -0.1) is 0 Å². The van der Waals surface area contributed by atoms with E-state index in [2.05, 4.69) is 24.1 Å². The van der Waals surface area contributed by atoms with Crippen LogP contribution < -0.4 is 5.32 Å². The molecule has 0 aromatic rings. The van der Waals surface area contributed by atoms with Gasteiger partial charge in [-0.1, -0.05) is 33.1 Å². The number of nitrogens with one attached hydrogen (secondary N) is 1. The fourth-order valence-electron chi connectivity index (χ4n) is 5.20. The summed E-state index contributed by atoms with van der Waals surface area (Å²) in [5.74, 6) is 1.85. The molecule has 2 saturated carbocycles. The molecule has 3 rings (SSSR count). The predicted octanol–water partition coefficient (Wildman–Crippen LogP) is 3.81. The molecule has 3 fully saturated rings. The summed E-state index contributed by atoms with van der Waals surface area (Å²) in [6.45, 7) is 8.86. The van der Waals surface area contributed by atoms with Crippen LogP contribution in [0.3, 0.4) is 0 Å². The highest BCUT2D eigenvalue weighted by Crippen LogP contribution is 2.36. The molecule has 20 heavy (non-hydrogen) atoms. The van der Waals surface area contributed by atoms with E-state index < -0.39 is 0 Å². The lowest BCUT2D eigenvalue weighted by Crippen LogP contribution is -2.55. The van der Waals surface area contributed by atoms with Crippen molar-refractivity contribution in [2.24, 2.45) is 11.8 Å². The fraction of sp³-hybridized carbons (Fsp3) is 1.00. The van der Waals surface area contributed by atoms with Crippen LogP contribution in [0.5, 0.6) is 0 Å². The van der Waals surface area contributed by atoms with Crippen LogP contribution >= 0.6 is 0 Å². The first-order chi connectivity index (χ1) is 9.69. The third-order valence-corrected chi connectivity index (χ3v) is 6.29. The van der Waals surface area contributed by atoms with E-state index in [1.807, 2.05) is 0 Å². The first kappa shape index (κ1) is 14.8. The molecule has 0 amide bonds. The van der Waals surface area contributed by atoms with E-state index in [-0.39, 0.29) is 0 Å². The highest BCUT2D eigenvalue weighted by Gasteiger charge is 2.38. The molecule has 2 aliphatic carbocycles. The molecule has 1 saturated heterocycles. The number of hydrogen-bond donors (Lipinski definition) is 1. The average molecular weight is 278 g/mol. The molecule has 3 unspecified atom stereocenters. The summed E-state index contributed by atoms with van der Waals surface area (Å²) in [6.07, 6.45) is 12.9. The Labute approximate surface area is 125 Å². The summed E-state index contributed by atoms with van der Waals surface area (Å²) in [6, 6.07) is 0.866. The summed E-state index contributed by atoms with van der Waals surface area (Å²) in [7, 11) is 0. The van der Waals surface area contributed by atoms with Gasteiger partial charge in [0.05, 0.1) is 0 Å². The molecule has 1 heterocycles. The first-order valence-corrected chi connectivity index (χ1v) is 9.18. The van der Waals surface area contributed by atoms with Crippen LogP contribution in [0, 0.1) is 11.8 Å². The largest absolute Gasteiger partial charge is 0.310 e. The topological polar surface area (TPSA) is 15.3 Å². The van der Waals surface area contributed by atoms with Crippen LogP contribution in [0.1, 0.15) is 71.6 Å². The summed E-state index contributed by atoms with van der Waals surface area (Å²) < 4.78 is 0. The van der Waals surface area contributed by atoms with E-state index in [0.717, 1.165) is 17.9 Å². The van der Waals surface area contributed by atoms with Crippen molar-refractivity contribution in [1.82, 2.24) is 10.2 Å². The van der Waals surface area contributed by atoms with Crippen LogP contribution in [0.25, 0.3) is 0 Å². The lowest BCUT2D eigenvalue weighted by atomic mass is 9.77. The normalized spacial score (nSPS) is 39.6. The summed E-state index contributed by atoms with van der Waals surface area (Å²) in [5.41, 5.74) is 0.470. The first-order valence-electron chi connectivity index (χ1n) is 9.18. The Bertz CT molecular complexity index is 309. The molecular weight excluding hydrogens is 244 g/mol. The second kappa shape index (κ2) is 6.36. The van der Waals surface area contributed by atoms with Crippen molar-refractivity contribution in [3.05, 3.63) is 0 Å². The molecule has 2 nitrogen and oxygen atoms in total. The Kier molecular flexibility index (Phi) is 4.72. The van der Waals surface area contributed by atoms with E-state index in [1.54, 1.807) is 0 Å².